The maximum Gasteiger partial charge on any atom is 0.319 e. The Hall–Kier alpha value is -3.38. The van der Waals surface area contributed by atoms with Crippen LogP contribution in [-0.4, -0.2) is 278 Å². The van der Waals surface area contributed by atoms with Crippen LogP contribution < -0.4 is 21.3 Å². The summed E-state index contributed by atoms with van der Waals surface area (Å²) in [6.07, 6.45) is 9.30. The van der Waals surface area contributed by atoms with E-state index in [2.05, 4.69) is 21.3 Å². The Kier molecular flexibility index (Phi) is 51.6. The number of urea groups is 2. The third-order valence-corrected chi connectivity index (χ3v) is 12.9. The van der Waals surface area contributed by atoms with E-state index in [-0.39, 0.29) is 38.5 Å². The summed E-state index contributed by atoms with van der Waals surface area (Å²) in [5.74, 6) is 0. The molecule has 0 aliphatic carbocycles. The van der Waals surface area contributed by atoms with Crippen LogP contribution in [0.5, 0.6) is 0 Å². The third-order valence-electron chi connectivity index (χ3n) is 12.9. The molecule has 0 bridgehead atoms. The van der Waals surface area contributed by atoms with Crippen LogP contribution in [-0.2, 0) is 90.9 Å². The number of carbonyl (C=O) groups excluding carboxylic acids is 2. The summed E-state index contributed by atoms with van der Waals surface area (Å²) >= 11 is 0. The first-order valence-corrected chi connectivity index (χ1v) is 31.6. The highest BCUT2D eigenvalue weighted by atomic mass is 17.0. The number of methoxy groups -OCH3 is 4. The average molecular weight is 1280 g/mol. The minimum absolute atomic E-state index is 0.289. The summed E-state index contributed by atoms with van der Waals surface area (Å²) in [4.78, 5) is 49.7. The Balaban J connectivity index is 1.78. The van der Waals surface area contributed by atoms with Gasteiger partial charge in [-0.2, -0.15) is 0 Å². The lowest BCUT2D eigenvalue weighted by molar-refractivity contribution is -0.374. The van der Waals surface area contributed by atoms with Crippen LogP contribution in [0, 0.1) is 0 Å². The summed E-state index contributed by atoms with van der Waals surface area (Å²) < 4.78 is 75.8. The van der Waals surface area contributed by atoms with Crippen LogP contribution in [0.2, 0.25) is 0 Å². The number of hydrogen-bond donors (Lipinski definition) is 4. The molecule has 2 rings (SSSR count). The number of benzene rings is 1. The Morgan fingerprint density at radius 3 is 1.03 bits per heavy atom. The zero-order valence-corrected chi connectivity index (χ0v) is 55.2. The van der Waals surface area contributed by atoms with E-state index in [0.717, 1.165) is 67.6 Å². The van der Waals surface area contributed by atoms with E-state index >= 15 is 0 Å². The molecule has 4 amide bonds. The number of rotatable bonds is 63. The number of nitrogens with one attached hydrogen (secondary N) is 4. The highest BCUT2D eigenvalue weighted by Crippen LogP contribution is 2.41. The predicted octanol–water partition coefficient (Wildman–Crippen LogP) is 6.12. The van der Waals surface area contributed by atoms with Gasteiger partial charge in [-0.05, 0) is 89.1 Å². The molecule has 519 valence electrons. The van der Waals surface area contributed by atoms with Crippen molar-refractivity contribution in [2.45, 2.75) is 96.6 Å². The molecule has 1 aliphatic heterocycles. The molecule has 0 unspecified atom stereocenters. The molecule has 0 atom stereocenters. The van der Waals surface area contributed by atoms with E-state index in [1.807, 2.05) is 45.9 Å². The van der Waals surface area contributed by atoms with Crippen molar-refractivity contribution >= 4 is 29.0 Å². The van der Waals surface area contributed by atoms with Gasteiger partial charge in [-0.15, -0.1) is 10.3 Å². The molecule has 0 aromatic heterocycles. The molecule has 4 N–H and O–H groups in total. The maximum atomic E-state index is 13.3. The lowest BCUT2D eigenvalue weighted by Gasteiger charge is -2.45. The van der Waals surface area contributed by atoms with E-state index in [1.54, 1.807) is 34.5 Å². The van der Waals surface area contributed by atoms with E-state index in [4.69, 9.17) is 85.7 Å². The van der Waals surface area contributed by atoms with Crippen molar-refractivity contribution in [1.82, 2.24) is 26.1 Å². The fourth-order valence-corrected chi connectivity index (χ4v) is 8.58. The molecule has 1 aromatic rings. The zero-order chi connectivity index (χ0) is 64.6. The van der Waals surface area contributed by atoms with Crippen LogP contribution in [0.1, 0.15) is 91.0 Å². The second-order valence-electron chi connectivity index (χ2n) is 21.5. The number of anilines is 2. The van der Waals surface area contributed by atoms with Crippen molar-refractivity contribution in [2.75, 3.05) is 250 Å². The fraction of sp³-hybridized carbons (Fsp3) is 0.836. The van der Waals surface area contributed by atoms with Gasteiger partial charge < -0.3 is 87.6 Å². The minimum Gasteiger partial charge on any atom is -0.382 e. The SMILES string of the molecule is COCCOCCOCCON(CCOCCCCCCNC(=O)Nc1cc(NC(=O)NCCCCCCOCCN(OCCOCCOCCOC)OCCOCCOCCOC)cc(C2=CC(C)(C)N([O])C(C)(C)C2)c1)OCCOCCOCCOC. The number of hydroxylamine groups is 6. The summed E-state index contributed by atoms with van der Waals surface area (Å²) in [7, 11) is 6.52. The molecule has 1 radical (unpaired) electrons. The molecule has 0 saturated heterocycles. The smallest absolute Gasteiger partial charge is 0.319 e. The molecule has 1 aromatic carbocycles. The molecule has 1 aliphatic rings. The molecular weight excluding hydrogens is 1170 g/mol. The highest BCUT2D eigenvalue weighted by molar-refractivity contribution is 5.94. The lowest BCUT2D eigenvalue weighted by Crippen LogP contribution is -2.54. The Morgan fingerprint density at radius 2 is 0.708 bits per heavy atom. The molecule has 28 heteroatoms. The minimum atomic E-state index is -0.778. The number of carbonyl (C=O) groups is 2. The third kappa shape index (κ3) is 45.5. The number of unbranched alkanes of at least 4 members (excludes halogenated alkanes) is 6. The summed E-state index contributed by atoms with van der Waals surface area (Å²) in [5.41, 5.74) is 1.27. The monoisotopic (exact) mass is 1280 g/mol. The molecular formula is C61H114N7O21. The van der Waals surface area contributed by atoms with Gasteiger partial charge in [0.25, 0.3) is 0 Å². The van der Waals surface area contributed by atoms with Crippen molar-refractivity contribution < 1.29 is 100 Å². The van der Waals surface area contributed by atoms with Gasteiger partial charge in [0.2, 0.25) is 0 Å². The van der Waals surface area contributed by atoms with Gasteiger partial charge in [-0.1, -0.05) is 42.2 Å². The molecule has 28 nitrogen and oxygen atoms in total. The van der Waals surface area contributed by atoms with E-state index < -0.39 is 11.1 Å². The van der Waals surface area contributed by atoms with Gasteiger partial charge in [0.15, 0.2) is 0 Å². The van der Waals surface area contributed by atoms with Crippen molar-refractivity contribution in [3.8, 4) is 0 Å². The molecule has 0 saturated carbocycles. The number of ether oxygens (including phenoxy) is 14. The lowest BCUT2D eigenvalue weighted by atomic mass is 9.80. The van der Waals surface area contributed by atoms with Crippen molar-refractivity contribution in [3.63, 3.8) is 0 Å². The van der Waals surface area contributed by atoms with Gasteiger partial charge in [0.1, 0.15) is 0 Å². The standard InChI is InChI=1S/C61H114N7O21/c1-60(2)52-55(53-61(3,4)68(60)71)54-49-56(64-58(69)62-17-13-9-11-15-21-76-23-19-66(86-45-41-82-37-33-78-29-25-72-5)87-46-42-83-38-34-79-30-26-73-6)51-57(50-54)65-59(70)63-18-14-10-12-16-22-77-24-20-67(88-47-43-84-39-35-80-31-27-74-7)89-48-44-85-40-36-81-32-28-75-8/h49-52H,9-48,53H2,1-8H3,(H2,62,64,69)(H2,63,65,70). The largest absolute Gasteiger partial charge is 0.382 e. The van der Waals surface area contributed by atoms with E-state index in [0.29, 0.717) is 203 Å². The van der Waals surface area contributed by atoms with E-state index in [9.17, 15) is 14.8 Å². The van der Waals surface area contributed by atoms with Crippen molar-refractivity contribution in [3.05, 3.63) is 29.8 Å². The summed E-state index contributed by atoms with van der Waals surface area (Å²) in [5, 5.41) is 29.0. The van der Waals surface area contributed by atoms with Gasteiger partial charge >= 0.3 is 12.1 Å². The highest BCUT2D eigenvalue weighted by Gasteiger charge is 2.42. The average Bonchev–Trinajstić information content (AvgIpc) is 1.00. The van der Waals surface area contributed by atoms with Gasteiger partial charge in [-0.25, -0.2) is 9.59 Å². The van der Waals surface area contributed by atoms with Gasteiger partial charge in [0.05, 0.1) is 190 Å². The Labute approximate surface area is 530 Å². The van der Waals surface area contributed by atoms with Crippen molar-refractivity contribution in [1.29, 1.82) is 0 Å². The Morgan fingerprint density at radius 1 is 0.404 bits per heavy atom. The second-order valence-corrected chi connectivity index (χ2v) is 21.5. The van der Waals surface area contributed by atoms with Crippen LogP contribution >= 0.6 is 0 Å². The Bertz CT molecular complexity index is 1720. The van der Waals surface area contributed by atoms with Crippen molar-refractivity contribution in [2.24, 2.45) is 0 Å². The summed E-state index contributed by atoms with van der Waals surface area (Å²) in [6, 6.07) is 4.74. The van der Waals surface area contributed by atoms with Gasteiger partial charge in [-0.3, -0.25) is 19.4 Å². The fourth-order valence-electron chi connectivity index (χ4n) is 8.58. The van der Waals surface area contributed by atoms with E-state index in [1.165, 1.54) is 10.5 Å². The number of amides is 4. The number of nitrogens with zero attached hydrogens (tertiary/aromatic N) is 3. The summed E-state index contributed by atoms with van der Waals surface area (Å²) in [6.45, 7) is 21.7. The molecule has 0 spiro atoms. The first kappa shape index (κ1) is 81.7. The first-order chi connectivity index (χ1) is 43.3. The van der Waals surface area contributed by atoms with Crippen LogP contribution in [0.3, 0.4) is 0 Å². The predicted molar refractivity (Wildman–Crippen MR) is 334 cm³/mol. The second kappa shape index (κ2) is 56.2. The molecule has 89 heavy (non-hydrogen) atoms. The topological polar surface area (TPSA) is 278 Å². The first-order valence-electron chi connectivity index (χ1n) is 31.6. The normalized spacial score (nSPS) is 14.0. The molecule has 0 fully saturated rings. The zero-order valence-electron chi connectivity index (χ0n) is 55.2. The maximum absolute atomic E-state index is 13.3. The van der Waals surface area contributed by atoms with Crippen LogP contribution in [0.4, 0.5) is 21.0 Å². The quantitative estimate of drug-likeness (QED) is 0.0422. The molecule has 1 heterocycles. The van der Waals surface area contributed by atoms with Crippen LogP contribution in [0.15, 0.2) is 24.3 Å². The van der Waals surface area contributed by atoms with Gasteiger partial charge in [0, 0.05) is 71.7 Å². The van der Waals surface area contributed by atoms with Crippen LogP contribution in [0.25, 0.3) is 5.57 Å². The number of hydrogen-bond acceptors (Lipinski definition) is 23.